The van der Waals surface area contributed by atoms with Crippen LogP contribution in [0.2, 0.25) is 0 Å². The normalized spacial score (nSPS) is 24.6. The third kappa shape index (κ3) is 3.62. The van der Waals surface area contributed by atoms with Crippen molar-refractivity contribution in [3.8, 4) is 11.5 Å². The second-order valence-corrected chi connectivity index (χ2v) is 8.83. The number of ether oxygens (including phenoxy) is 2. The molecular formula is C21H30N4O3. The maximum Gasteiger partial charge on any atom is 0.231 e. The van der Waals surface area contributed by atoms with Gasteiger partial charge in [0.2, 0.25) is 12.7 Å². The number of piperidine rings is 1. The lowest BCUT2D eigenvalue weighted by atomic mass is 9.79. The quantitative estimate of drug-likeness (QED) is 0.613. The molecule has 1 spiro atoms. The van der Waals surface area contributed by atoms with Crippen LogP contribution in [0.25, 0.3) is 0 Å². The molecule has 7 nitrogen and oxygen atoms in total. The minimum atomic E-state index is -0.102. The molecule has 28 heavy (non-hydrogen) atoms. The fourth-order valence-electron chi connectivity index (χ4n) is 4.48. The standard InChI is InChI=1S/C21H30N4O3/c1-20(2,15-5-6-16-17(9-15)28-14-27-16)11-24-19(22-3)25-8-4-7-21(13-25)10-18(26)23-12-21/h5-6,9H,4,7-8,10-14H2,1-3H3,(H,22,24)(H,23,26). The van der Waals surface area contributed by atoms with Crippen LogP contribution in [0.1, 0.15) is 38.7 Å². The largest absolute Gasteiger partial charge is 0.454 e. The molecule has 3 aliphatic rings. The molecule has 1 unspecified atom stereocenters. The van der Waals surface area contributed by atoms with Gasteiger partial charge >= 0.3 is 0 Å². The van der Waals surface area contributed by atoms with Crippen molar-refractivity contribution in [2.75, 3.05) is 40.0 Å². The molecule has 0 aliphatic carbocycles. The Morgan fingerprint density at radius 1 is 1.36 bits per heavy atom. The van der Waals surface area contributed by atoms with Gasteiger partial charge in [0.15, 0.2) is 17.5 Å². The third-order valence-corrected chi connectivity index (χ3v) is 6.21. The summed E-state index contributed by atoms with van der Waals surface area (Å²) < 4.78 is 11.0. The molecule has 2 saturated heterocycles. The summed E-state index contributed by atoms with van der Waals surface area (Å²) in [5.41, 5.74) is 1.15. The van der Waals surface area contributed by atoms with Gasteiger partial charge in [0.05, 0.1) is 0 Å². The van der Waals surface area contributed by atoms with Crippen molar-refractivity contribution >= 4 is 11.9 Å². The SMILES string of the molecule is CN=C(NCC(C)(C)c1ccc2c(c1)OCO2)N1CCCC2(CNC(=O)C2)C1. The first-order chi connectivity index (χ1) is 13.4. The van der Waals surface area contributed by atoms with E-state index in [1.165, 1.54) is 5.56 Å². The van der Waals surface area contributed by atoms with Crippen molar-refractivity contribution in [1.29, 1.82) is 0 Å². The number of amides is 1. The lowest BCUT2D eigenvalue weighted by molar-refractivity contribution is -0.119. The maximum absolute atomic E-state index is 11.8. The van der Waals surface area contributed by atoms with Gasteiger partial charge < -0.3 is 25.0 Å². The minimum absolute atomic E-state index is 0.0554. The van der Waals surface area contributed by atoms with Crippen LogP contribution in [0, 0.1) is 5.41 Å². The van der Waals surface area contributed by atoms with Crippen LogP contribution < -0.4 is 20.1 Å². The Morgan fingerprint density at radius 2 is 2.18 bits per heavy atom. The van der Waals surface area contributed by atoms with Gasteiger partial charge in [-0.25, -0.2) is 0 Å². The molecule has 152 valence electrons. The molecule has 1 aromatic rings. The molecule has 3 heterocycles. The zero-order chi connectivity index (χ0) is 19.8. The molecule has 1 amide bonds. The molecule has 2 fully saturated rings. The third-order valence-electron chi connectivity index (χ3n) is 6.21. The topological polar surface area (TPSA) is 75.2 Å². The number of nitrogens with one attached hydrogen (secondary N) is 2. The first kappa shape index (κ1) is 18.9. The zero-order valence-electron chi connectivity index (χ0n) is 17.0. The van der Waals surface area contributed by atoms with E-state index in [4.69, 9.17) is 9.47 Å². The number of guanidine groups is 1. The Balaban J connectivity index is 1.41. The first-order valence-corrected chi connectivity index (χ1v) is 10.0. The number of hydrogen-bond donors (Lipinski definition) is 2. The Hall–Kier alpha value is -2.44. The van der Waals surface area contributed by atoms with E-state index in [-0.39, 0.29) is 23.5 Å². The van der Waals surface area contributed by atoms with Crippen molar-refractivity contribution in [2.45, 2.75) is 38.5 Å². The lowest BCUT2D eigenvalue weighted by Crippen LogP contribution is -2.52. The molecule has 0 bridgehead atoms. The van der Waals surface area contributed by atoms with Crippen LogP contribution in [0.3, 0.4) is 0 Å². The van der Waals surface area contributed by atoms with Gasteiger partial charge in [-0.15, -0.1) is 0 Å². The van der Waals surface area contributed by atoms with Crippen LogP contribution in [-0.4, -0.2) is 56.8 Å². The zero-order valence-corrected chi connectivity index (χ0v) is 17.0. The van der Waals surface area contributed by atoms with Gasteiger partial charge in [-0.2, -0.15) is 0 Å². The second-order valence-electron chi connectivity index (χ2n) is 8.83. The van der Waals surface area contributed by atoms with Crippen LogP contribution in [0.5, 0.6) is 11.5 Å². The van der Waals surface area contributed by atoms with E-state index in [1.807, 2.05) is 13.1 Å². The fourth-order valence-corrected chi connectivity index (χ4v) is 4.48. The predicted octanol–water partition coefficient (Wildman–Crippen LogP) is 1.87. The van der Waals surface area contributed by atoms with E-state index >= 15 is 0 Å². The highest BCUT2D eigenvalue weighted by atomic mass is 16.7. The van der Waals surface area contributed by atoms with Crippen molar-refractivity contribution in [3.63, 3.8) is 0 Å². The number of fused-ring (bicyclic) bond motifs is 1. The molecular weight excluding hydrogens is 356 g/mol. The van der Waals surface area contributed by atoms with Gasteiger partial charge in [-0.05, 0) is 30.5 Å². The van der Waals surface area contributed by atoms with Gasteiger partial charge in [-0.3, -0.25) is 9.79 Å². The van der Waals surface area contributed by atoms with Crippen LogP contribution >= 0.6 is 0 Å². The summed E-state index contributed by atoms with van der Waals surface area (Å²) in [4.78, 5) is 18.6. The molecule has 1 atom stereocenters. The number of aliphatic imine (C=N–C) groups is 1. The van der Waals surface area contributed by atoms with E-state index in [0.717, 1.165) is 56.5 Å². The molecule has 0 radical (unpaired) electrons. The predicted molar refractivity (Wildman–Crippen MR) is 108 cm³/mol. The number of hydrogen-bond acceptors (Lipinski definition) is 4. The van der Waals surface area contributed by atoms with Crippen molar-refractivity contribution < 1.29 is 14.3 Å². The first-order valence-electron chi connectivity index (χ1n) is 10.0. The smallest absolute Gasteiger partial charge is 0.231 e. The molecule has 4 rings (SSSR count). The number of likely N-dealkylation sites (tertiary alicyclic amines) is 1. The molecule has 1 aromatic carbocycles. The van der Waals surface area contributed by atoms with Crippen LogP contribution in [-0.2, 0) is 10.2 Å². The summed E-state index contributed by atoms with van der Waals surface area (Å²) in [6.07, 6.45) is 2.81. The molecule has 2 N–H and O–H groups in total. The van der Waals surface area contributed by atoms with E-state index < -0.39 is 0 Å². The number of nitrogens with zero attached hydrogens (tertiary/aromatic N) is 2. The summed E-state index contributed by atoms with van der Waals surface area (Å²) in [6.45, 7) is 8.08. The second kappa shape index (κ2) is 7.18. The summed E-state index contributed by atoms with van der Waals surface area (Å²) in [7, 11) is 1.83. The minimum Gasteiger partial charge on any atom is -0.454 e. The average Bonchev–Trinajstić information content (AvgIpc) is 3.28. The Morgan fingerprint density at radius 3 is 2.93 bits per heavy atom. The fraction of sp³-hybridized carbons (Fsp3) is 0.619. The molecule has 0 aromatic heterocycles. The average molecular weight is 386 g/mol. The summed E-state index contributed by atoms with van der Waals surface area (Å²) in [5.74, 6) is 2.70. The highest BCUT2D eigenvalue weighted by Crippen LogP contribution is 2.37. The highest BCUT2D eigenvalue weighted by molar-refractivity contribution is 5.81. The Bertz CT molecular complexity index is 792. The number of carbonyl (C=O) groups is 1. The van der Waals surface area contributed by atoms with E-state index in [2.05, 4.69) is 46.5 Å². The summed E-state index contributed by atoms with van der Waals surface area (Å²) >= 11 is 0. The van der Waals surface area contributed by atoms with Crippen molar-refractivity contribution in [2.24, 2.45) is 10.4 Å². The Kier molecular flexibility index (Phi) is 4.85. The van der Waals surface area contributed by atoms with Gasteiger partial charge in [-0.1, -0.05) is 19.9 Å². The van der Waals surface area contributed by atoms with Crippen molar-refractivity contribution in [1.82, 2.24) is 15.5 Å². The van der Waals surface area contributed by atoms with Gasteiger partial charge in [0, 0.05) is 50.5 Å². The highest BCUT2D eigenvalue weighted by Gasteiger charge is 2.42. The molecule has 3 aliphatic heterocycles. The summed E-state index contributed by atoms with van der Waals surface area (Å²) in [6, 6.07) is 6.15. The van der Waals surface area contributed by atoms with Gasteiger partial charge in [0.1, 0.15) is 0 Å². The van der Waals surface area contributed by atoms with Gasteiger partial charge in [0.25, 0.3) is 0 Å². The van der Waals surface area contributed by atoms with Crippen LogP contribution in [0.15, 0.2) is 23.2 Å². The summed E-state index contributed by atoms with van der Waals surface area (Å²) in [5, 5.41) is 6.57. The number of carbonyl (C=O) groups excluding carboxylic acids is 1. The van der Waals surface area contributed by atoms with E-state index in [1.54, 1.807) is 0 Å². The monoisotopic (exact) mass is 386 g/mol. The van der Waals surface area contributed by atoms with Crippen molar-refractivity contribution in [3.05, 3.63) is 23.8 Å². The van der Waals surface area contributed by atoms with E-state index in [9.17, 15) is 4.79 Å². The lowest BCUT2D eigenvalue weighted by Gasteiger charge is -2.41. The Labute approximate surface area is 166 Å². The number of rotatable bonds is 3. The maximum atomic E-state index is 11.8. The van der Waals surface area contributed by atoms with E-state index in [0.29, 0.717) is 6.42 Å². The molecule has 7 heteroatoms. The van der Waals surface area contributed by atoms with Crippen LogP contribution in [0.4, 0.5) is 0 Å². The number of benzene rings is 1. The molecule has 0 saturated carbocycles.